The van der Waals surface area contributed by atoms with Crippen LogP contribution in [0.1, 0.15) is 57.5 Å². The Kier molecular flexibility index (Phi) is 7.94. The molecule has 3 heterocycles. The van der Waals surface area contributed by atoms with Crippen LogP contribution in [-0.4, -0.2) is 39.9 Å². The predicted molar refractivity (Wildman–Crippen MR) is 111 cm³/mol. The van der Waals surface area contributed by atoms with Crippen molar-refractivity contribution in [2.24, 2.45) is 10.9 Å². The van der Waals surface area contributed by atoms with Crippen molar-refractivity contribution in [3.63, 3.8) is 0 Å². The van der Waals surface area contributed by atoms with Crippen LogP contribution in [0.2, 0.25) is 0 Å². The molecule has 0 aromatic carbocycles. The molecule has 1 aliphatic heterocycles. The van der Waals surface area contributed by atoms with Crippen molar-refractivity contribution in [1.29, 1.82) is 0 Å². The molecule has 1 aliphatic rings. The third-order valence-corrected chi connectivity index (χ3v) is 5.44. The topological polar surface area (TPSA) is 80.3 Å². The van der Waals surface area contributed by atoms with E-state index in [0.29, 0.717) is 12.0 Å². The van der Waals surface area contributed by atoms with Gasteiger partial charge in [0.15, 0.2) is 5.96 Å². The van der Waals surface area contributed by atoms with E-state index in [0.717, 1.165) is 56.4 Å². The van der Waals surface area contributed by atoms with Crippen LogP contribution in [-0.2, 0) is 19.4 Å². The number of nitrogens with zero attached hydrogens (tertiary/aromatic N) is 4. The van der Waals surface area contributed by atoms with Gasteiger partial charge in [0, 0.05) is 32.0 Å². The second-order valence-corrected chi connectivity index (χ2v) is 7.60. The number of guanidine groups is 1. The van der Waals surface area contributed by atoms with Crippen LogP contribution in [0, 0.1) is 5.92 Å². The van der Waals surface area contributed by atoms with Crippen molar-refractivity contribution < 1.29 is 4.42 Å². The maximum absolute atomic E-state index is 5.44. The zero-order valence-corrected chi connectivity index (χ0v) is 17.2. The first kappa shape index (κ1) is 20.4. The summed E-state index contributed by atoms with van der Waals surface area (Å²) in [5, 5.41) is 11.4. The molecule has 0 spiro atoms. The lowest BCUT2D eigenvalue weighted by molar-refractivity contribution is 0.391. The molecule has 2 aromatic heterocycles. The SMILES string of the molecule is CCCCC(CC)CN=C(NCCc1ccco1)NC1CCc2ncnn2C1. The molecule has 0 bridgehead atoms. The van der Waals surface area contributed by atoms with E-state index >= 15 is 0 Å². The van der Waals surface area contributed by atoms with Crippen molar-refractivity contribution in [2.45, 2.75) is 71.4 Å². The first-order valence-electron chi connectivity index (χ1n) is 10.7. The van der Waals surface area contributed by atoms with E-state index in [4.69, 9.17) is 9.41 Å². The summed E-state index contributed by atoms with van der Waals surface area (Å²) in [5.74, 6) is 3.62. The van der Waals surface area contributed by atoms with Gasteiger partial charge in [0.25, 0.3) is 0 Å². The second kappa shape index (κ2) is 10.9. The van der Waals surface area contributed by atoms with Gasteiger partial charge in [-0.1, -0.05) is 33.1 Å². The standard InChI is InChI=1S/C21H34N6O/c1-3-5-7-17(4-2)14-23-21(22-12-11-19-8-6-13-28-19)26-18-9-10-20-24-16-25-27(20)15-18/h6,8,13,16-18H,3-5,7,9-12,14-15H2,1-2H3,(H2,22,23,26). The summed E-state index contributed by atoms with van der Waals surface area (Å²) in [6, 6.07) is 4.26. The molecule has 0 aliphatic carbocycles. The summed E-state index contributed by atoms with van der Waals surface area (Å²) in [7, 11) is 0. The van der Waals surface area contributed by atoms with Crippen molar-refractivity contribution in [3.05, 3.63) is 36.3 Å². The van der Waals surface area contributed by atoms with Crippen LogP contribution in [0.15, 0.2) is 34.1 Å². The molecule has 0 saturated heterocycles. The van der Waals surface area contributed by atoms with Crippen LogP contribution in [0.3, 0.4) is 0 Å². The molecule has 2 N–H and O–H groups in total. The van der Waals surface area contributed by atoms with E-state index in [1.165, 1.54) is 25.7 Å². The highest BCUT2D eigenvalue weighted by Crippen LogP contribution is 2.14. The minimum atomic E-state index is 0.319. The third kappa shape index (κ3) is 6.11. The number of furan rings is 1. The van der Waals surface area contributed by atoms with Crippen LogP contribution in [0.5, 0.6) is 0 Å². The Labute approximate surface area is 168 Å². The van der Waals surface area contributed by atoms with Crippen molar-refractivity contribution in [3.8, 4) is 0 Å². The average Bonchev–Trinajstić information content (AvgIpc) is 3.39. The van der Waals surface area contributed by atoms with Gasteiger partial charge in [-0.25, -0.2) is 9.67 Å². The van der Waals surface area contributed by atoms with Crippen LogP contribution >= 0.6 is 0 Å². The average molecular weight is 387 g/mol. The van der Waals surface area contributed by atoms with Gasteiger partial charge in [-0.15, -0.1) is 0 Å². The highest BCUT2D eigenvalue weighted by molar-refractivity contribution is 5.80. The number of unbranched alkanes of at least 4 members (excludes halogenated alkanes) is 1. The monoisotopic (exact) mass is 386 g/mol. The zero-order valence-electron chi connectivity index (χ0n) is 17.2. The largest absolute Gasteiger partial charge is 0.469 e. The van der Waals surface area contributed by atoms with Gasteiger partial charge in [0.1, 0.15) is 17.9 Å². The van der Waals surface area contributed by atoms with Crippen molar-refractivity contribution in [2.75, 3.05) is 13.1 Å². The van der Waals surface area contributed by atoms with E-state index in [1.54, 1.807) is 12.6 Å². The van der Waals surface area contributed by atoms with Gasteiger partial charge >= 0.3 is 0 Å². The quantitative estimate of drug-likeness (QED) is 0.484. The predicted octanol–water partition coefficient (Wildman–Crippen LogP) is 3.18. The number of nitrogens with one attached hydrogen (secondary N) is 2. The molecular formula is C21H34N6O. The fraction of sp³-hybridized carbons (Fsp3) is 0.667. The number of aromatic nitrogens is 3. The summed E-state index contributed by atoms with van der Waals surface area (Å²) in [6.45, 7) is 7.02. The number of fused-ring (bicyclic) bond motifs is 1. The smallest absolute Gasteiger partial charge is 0.191 e. The lowest BCUT2D eigenvalue weighted by Gasteiger charge is -2.26. The second-order valence-electron chi connectivity index (χ2n) is 7.60. The highest BCUT2D eigenvalue weighted by Gasteiger charge is 2.20. The maximum Gasteiger partial charge on any atom is 0.191 e. The number of hydrogen-bond acceptors (Lipinski definition) is 4. The van der Waals surface area contributed by atoms with E-state index in [2.05, 4.69) is 34.6 Å². The maximum atomic E-state index is 5.44. The van der Waals surface area contributed by atoms with Crippen LogP contribution in [0.25, 0.3) is 0 Å². The molecule has 0 saturated carbocycles. The lowest BCUT2D eigenvalue weighted by Crippen LogP contribution is -2.47. The Balaban J connectivity index is 1.57. The Morgan fingerprint density at radius 2 is 2.36 bits per heavy atom. The van der Waals surface area contributed by atoms with Crippen LogP contribution < -0.4 is 10.6 Å². The first-order valence-corrected chi connectivity index (χ1v) is 10.7. The molecule has 0 fully saturated rings. The Hall–Kier alpha value is -2.31. The van der Waals surface area contributed by atoms with Crippen molar-refractivity contribution in [1.82, 2.24) is 25.4 Å². The number of hydrogen-bond donors (Lipinski definition) is 2. The summed E-state index contributed by atoms with van der Waals surface area (Å²) in [4.78, 5) is 9.24. The minimum Gasteiger partial charge on any atom is -0.469 e. The molecule has 0 amide bonds. The number of aryl methyl sites for hydroxylation is 1. The third-order valence-electron chi connectivity index (χ3n) is 5.44. The fourth-order valence-electron chi connectivity index (χ4n) is 3.60. The van der Waals surface area contributed by atoms with Gasteiger partial charge < -0.3 is 15.1 Å². The number of aliphatic imine (C=N–C) groups is 1. The van der Waals surface area contributed by atoms with Crippen molar-refractivity contribution >= 4 is 5.96 Å². The number of rotatable bonds is 10. The summed E-state index contributed by atoms with van der Waals surface area (Å²) in [6.07, 6.45) is 11.2. The van der Waals surface area contributed by atoms with E-state index in [1.807, 2.05) is 16.8 Å². The molecule has 3 rings (SSSR count). The Morgan fingerprint density at radius 1 is 1.43 bits per heavy atom. The minimum absolute atomic E-state index is 0.319. The molecule has 7 nitrogen and oxygen atoms in total. The molecule has 154 valence electrons. The van der Waals surface area contributed by atoms with Crippen LogP contribution in [0.4, 0.5) is 0 Å². The van der Waals surface area contributed by atoms with Gasteiger partial charge in [-0.2, -0.15) is 5.10 Å². The molecule has 28 heavy (non-hydrogen) atoms. The molecule has 2 atom stereocenters. The molecule has 2 unspecified atom stereocenters. The molecule has 2 aromatic rings. The van der Waals surface area contributed by atoms with E-state index in [9.17, 15) is 0 Å². The first-order chi connectivity index (χ1) is 13.8. The van der Waals surface area contributed by atoms with E-state index in [-0.39, 0.29) is 0 Å². The fourth-order valence-corrected chi connectivity index (χ4v) is 3.60. The highest BCUT2D eigenvalue weighted by atomic mass is 16.3. The summed E-state index contributed by atoms with van der Waals surface area (Å²) < 4.78 is 7.43. The van der Waals surface area contributed by atoms with Gasteiger partial charge in [-0.3, -0.25) is 4.99 Å². The van der Waals surface area contributed by atoms with Gasteiger partial charge in [0.05, 0.1) is 12.8 Å². The Bertz CT molecular complexity index is 708. The molecule has 7 heteroatoms. The Morgan fingerprint density at radius 3 is 3.14 bits per heavy atom. The molecular weight excluding hydrogens is 352 g/mol. The van der Waals surface area contributed by atoms with Gasteiger partial charge in [-0.05, 0) is 30.9 Å². The summed E-state index contributed by atoms with van der Waals surface area (Å²) >= 11 is 0. The lowest BCUT2D eigenvalue weighted by atomic mass is 10.00. The van der Waals surface area contributed by atoms with Gasteiger partial charge in [0.2, 0.25) is 0 Å². The summed E-state index contributed by atoms with van der Waals surface area (Å²) in [5.41, 5.74) is 0. The zero-order chi connectivity index (χ0) is 19.6. The van der Waals surface area contributed by atoms with E-state index < -0.39 is 0 Å². The normalized spacial score (nSPS) is 17.9. The molecule has 0 radical (unpaired) electrons.